The average molecular weight is 463 g/mol. The van der Waals surface area contributed by atoms with E-state index in [0.717, 1.165) is 10.0 Å². The normalized spacial score (nSPS) is 15.8. The first kappa shape index (κ1) is 20.0. The van der Waals surface area contributed by atoms with Crippen molar-refractivity contribution in [3.05, 3.63) is 52.2 Å². The number of benzene rings is 1. The van der Waals surface area contributed by atoms with Gasteiger partial charge in [0.25, 0.3) is 11.8 Å². The molecule has 144 valence electrons. The quantitative estimate of drug-likeness (QED) is 0.388. The van der Waals surface area contributed by atoms with Crippen LogP contribution in [0, 0.1) is 0 Å². The highest BCUT2D eigenvalue weighted by atomic mass is 79.9. The molecule has 0 bridgehead atoms. The maximum absolute atomic E-state index is 12.7. The van der Waals surface area contributed by atoms with Gasteiger partial charge in [-0.05, 0) is 49.0 Å². The molecule has 2 amide bonds. The van der Waals surface area contributed by atoms with Crippen LogP contribution in [0.4, 0.5) is 0 Å². The molecule has 1 aromatic heterocycles. The molecule has 0 atom stereocenters. The summed E-state index contributed by atoms with van der Waals surface area (Å²) in [6.45, 7) is 0.101. The Morgan fingerprint density at radius 3 is 2.61 bits per heavy atom. The second kappa shape index (κ2) is 8.49. The van der Waals surface area contributed by atoms with E-state index in [-0.39, 0.29) is 30.1 Å². The summed E-state index contributed by atoms with van der Waals surface area (Å²) in [5, 5.41) is 11.2. The summed E-state index contributed by atoms with van der Waals surface area (Å²) < 4.78 is 6.67. The second-order valence-corrected chi connectivity index (χ2v) is 7.28. The van der Waals surface area contributed by atoms with Crippen LogP contribution in [0.5, 0.6) is 0 Å². The fraction of sp³-hybridized carbons (Fsp3) is 0.158. The number of aliphatic carboxylic acids is 1. The minimum atomic E-state index is -0.966. The van der Waals surface area contributed by atoms with Gasteiger partial charge in [-0.2, -0.15) is 0 Å². The van der Waals surface area contributed by atoms with Gasteiger partial charge in [0.1, 0.15) is 17.1 Å². The largest absolute Gasteiger partial charge is 0.481 e. The number of halogens is 1. The fourth-order valence-corrected chi connectivity index (χ4v) is 3.16. The maximum atomic E-state index is 12.7. The lowest BCUT2D eigenvalue weighted by molar-refractivity contribution is -0.137. The Hall–Kier alpha value is -2.78. The summed E-state index contributed by atoms with van der Waals surface area (Å²) in [6, 6.07) is 10.9. The number of hydrogen-bond acceptors (Lipinski definition) is 5. The number of carboxylic acids is 1. The summed E-state index contributed by atoms with van der Waals surface area (Å²) in [4.78, 5) is 36.7. The zero-order valence-electron chi connectivity index (χ0n) is 14.5. The molecule has 9 heteroatoms. The lowest BCUT2D eigenvalue weighted by atomic mass is 10.1. The van der Waals surface area contributed by atoms with Gasteiger partial charge in [0, 0.05) is 23.0 Å². The zero-order chi connectivity index (χ0) is 20.3. The summed E-state index contributed by atoms with van der Waals surface area (Å²) in [5.41, 5.74) is 0.726. The standard InChI is InChI=1S/C19H15BrN2O5S/c20-12-5-3-11(4-6-12)15-8-7-13(27-15)10-14-17(25)21-19(28)22(18(14)26)9-1-2-16(23)24/h3-8,10H,1-2,9H2,(H,23,24)(H,21,25,28)/b14-10+. The minimum Gasteiger partial charge on any atom is -0.481 e. The first-order chi connectivity index (χ1) is 13.3. The van der Waals surface area contributed by atoms with E-state index in [9.17, 15) is 14.4 Å². The third kappa shape index (κ3) is 4.55. The van der Waals surface area contributed by atoms with E-state index in [1.165, 1.54) is 11.0 Å². The van der Waals surface area contributed by atoms with Crippen molar-refractivity contribution in [2.75, 3.05) is 6.54 Å². The number of carbonyl (C=O) groups excluding carboxylic acids is 2. The molecule has 0 spiro atoms. The van der Waals surface area contributed by atoms with Crippen molar-refractivity contribution in [3.8, 4) is 11.3 Å². The van der Waals surface area contributed by atoms with Crippen LogP contribution in [0.15, 0.2) is 50.9 Å². The van der Waals surface area contributed by atoms with Crippen LogP contribution in [0.2, 0.25) is 0 Å². The van der Waals surface area contributed by atoms with Gasteiger partial charge in [-0.1, -0.05) is 28.1 Å². The van der Waals surface area contributed by atoms with E-state index in [0.29, 0.717) is 11.5 Å². The molecule has 2 aromatic rings. The van der Waals surface area contributed by atoms with Gasteiger partial charge in [-0.15, -0.1) is 0 Å². The van der Waals surface area contributed by atoms with Gasteiger partial charge in [0.05, 0.1) is 0 Å². The van der Waals surface area contributed by atoms with E-state index in [4.69, 9.17) is 21.7 Å². The highest BCUT2D eigenvalue weighted by Crippen LogP contribution is 2.25. The molecule has 1 aliphatic rings. The predicted octanol–water partition coefficient (Wildman–Crippen LogP) is 3.20. The third-order valence-corrected chi connectivity index (χ3v) is 4.85. The van der Waals surface area contributed by atoms with Gasteiger partial charge in [0.2, 0.25) is 0 Å². The first-order valence-corrected chi connectivity index (χ1v) is 9.51. The molecule has 1 fully saturated rings. The van der Waals surface area contributed by atoms with Crippen molar-refractivity contribution >= 4 is 57.1 Å². The average Bonchev–Trinajstić information content (AvgIpc) is 3.10. The molecular weight excluding hydrogens is 448 g/mol. The molecule has 28 heavy (non-hydrogen) atoms. The number of carboxylic acid groups (broad SMARTS) is 1. The Kier molecular flexibility index (Phi) is 6.05. The molecule has 0 unspecified atom stereocenters. The summed E-state index contributed by atoms with van der Waals surface area (Å²) >= 11 is 8.40. The lowest BCUT2D eigenvalue weighted by Crippen LogP contribution is -2.54. The Balaban J connectivity index is 1.81. The van der Waals surface area contributed by atoms with Crippen LogP contribution in [0.3, 0.4) is 0 Å². The van der Waals surface area contributed by atoms with E-state index < -0.39 is 17.8 Å². The SMILES string of the molecule is O=C(O)CCCN1C(=O)/C(=C/c2ccc(-c3ccc(Br)cc3)o2)C(=O)NC1=S. The fourth-order valence-electron chi connectivity index (χ4n) is 2.63. The van der Waals surface area contributed by atoms with E-state index >= 15 is 0 Å². The summed E-state index contributed by atoms with van der Waals surface area (Å²) in [7, 11) is 0. The number of hydrogen-bond donors (Lipinski definition) is 2. The van der Waals surface area contributed by atoms with Crippen LogP contribution in [0.1, 0.15) is 18.6 Å². The number of carbonyl (C=O) groups is 3. The van der Waals surface area contributed by atoms with Crippen LogP contribution in [-0.2, 0) is 14.4 Å². The summed E-state index contributed by atoms with van der Waals surface area (Å²) in [6.07, 6.45) is 1.47. The molecule has 1 aliphatic heterocycles. The van der Waals surface area contributed by atoms with E-state index in [1.54, 1.807) is 12.1 Å². The second-order valence-electron chi connectivity index (χ2n) is 5.98. The molecule has 3 rings (SSSR count). The maximum Gasteiger partial charge on any atom is 0.303 e. The van der Waals surface area contributed by atoms with Crippen LogP contribution in [-0.4, -0.2) is 39.4 Å². The predicted molar refractivity (Wildman–Crippen MR) is 109 cm³/mol. The number of thiocarbonyl (C=S) groups is 1. The lowest BCUT2D eigenvalue weighted by Gasteiger charge is -2.28. The Morgan fingerprint density at radius 2 is 1.93 bits per heavy atom. The van der Waals surface area contributed by atoms with Gasteiger partial charge in [-0.25, -0.2) is 0 Å². The molecule has 2 N–H and O–H groups in total. The number of nitrogens with one attached hydrogen (secondary N) is 1. The summed E-state index contributed by atoms with van der Waals surface area (Å²) in [5.74, 6) is -1.23. The molecule has 1 saturated heterocycles. The van der Waals surface area contributed by atoms with Crippen LogP contribution in [0.25, 0.3) is 17.4 Å². The molecule has 0 radical (unpaired) electrons. The zero-order valence-corrected chi connectivity index (χ0v) is 16.9. The van der Waals surface area contributed by atoms with Crippen molar-refractivity contribution < 1.29 is 23.9 Å². The molecule has 7 nitrogen and oxygen atoms in total. The number of nitrogens with zero attached hydrogens (tertiary/aromatic N) is 1. The number of furan rings is 1. The van der Waals surface area contributed by atoms with Crippen molar-refractivity contribution in [2.45, 2.75) is 12.8 Å². The third-order valence-electron chi connectivity index (χ3n) is 4.00. The van der Waals surface area contributed by atoms with Crippen molar-refractivity contribution in [2.24, 2.45) is 0 Å². The van der Waals surface area contributed by atoms with Crippen LogP contribution >= 0.6 is 28.1 Å². The topological polar surface area (TPSA) is 99.8 Å². The highest BCUT2D eigenvalue weighted by molar-refractivity contribution is 9.10. The van der Waals surface area contributed by atoms with Gasteiger partial charge in [0.15, 0.2) is 5.11 Å². The Bertz CT molecular complexity index is 980. The Morgan fingerprint density at radius 1 is 1.21 bits per heavy atom. The molecule has 1 aromatic carbocycles. The molecule has 2 heterocycles. The number of rotatable bonds is 6. The van der Waals surface area contributed by atoms with Crippen molar-refractivity contribution in [3.63, 3.8) is 0 Å². The van der Waals surface area contributed by atoms with Crippen molar-refractivity contribution in [1.82, 2.24) is 10.2 Å². The first-order valence-electron chi connectivity index (χ1n) is 8.31. The van der Waals surface area contributed by atoms with E-state index in [2.05, 4.69) is 21.2 Å². The minimum absolute atomic E-state index is 0.0347. The van der Waals surface area contributed by atoms with Crippen LogP contribution < -0.4 is 5.32 Å². The molecule has 0 aliphatic carbocycles. The Labute approximate surface area is 174 Å². The van der Waals surface area contributed by atoms with Crippen molar-refractivity contribution in [1.29, 1.82) is 0 Å². The van der Waals surface area contributed by atoms with Gasteiger partial charge < -0.3 is 9.52 Å². The van der Waals surface area contributed by atoms with Gasteiger partial charge >= 0.3 is 5.97 Å². The van der Waals surface area contributed by atoms with Gasteiger partial charge in [-0.3, -0.25) is 24.6 Å². The highest BCUT2D eigenvalue weighted by Gasteiger charge is 2.33. The molecule has 0 saturated carbocycles. The molecular formula is C19H15BrN2O5S. The monoisotopic (exact) mass is 462 g/mol. The number of amides is 2. The smallest absolute Gasteiger partial charge is 0.303 e. The van der Waals surface area contributed by atoms with E-state index in [1.807, 2.05) is 24.3 Å².